The van der Waals surface area contributed by atoms with Crippen LogP contribution in [0.4, 0.5) is 5.82 Å². The number of nitrogens with one attached hydrogen (secondary N) is 1. The summed E-state index contributed by atoms with van der Waals surface area (Å²) in [6.45, 7) is 6.14. The maximum absolute atomic E-state index is 12.3. The van der Waals surface area contributed by atoms with Gasteiger partial charge in [0.15, 0.2) is 5.82 Å². The first-order chi connectivity index (χ1) is 11.6. The van der Waals surface area contributed by atoms with E-state index in [1.165, 1.54) is 6.42 Å². The van der Waals surface area contributed by atoms with E-state index in [-0.39, 0.29) is 5.91 Å². The Labute approximate surface area is 142 Å². The lowest BCUT2D eigenvalue weighted by Crippen LogP contribution is -2.44. The van der Waals surface area contributed by atoms with E-state index in [1.807, 2.05) is 19.3 Å². The number of aryl methyl sites for hydroxylation is 3. The summed E-state index contributed by atoms with van der Waals surface area (Å²) in [6.07, 6.45) is 8.41. The number of rotatable bonds is 6. The standard InChI is InChI=1S/C17H25N5O2/c1-13-11-16(20-24-13)19-17(23)12-22-8-4-3-5-15(22)6-9-21-10-7-18-14(21)2/h7,10-11,15H,3-6,8-9,12H2,1-2H3,(H,19,20,23)/t15-/m1/s1. The SMILES string of the molecule is Cc1cc(NC(=O)CN2CCCC[C@@H]2CCn2ccnc2C)no1. The van der Waals surface area contributed by atoms with Crippen molar-refractivity contribution in [1.29, 1.82) is 0 Å². The van der Waals surface area contributed by atoms with Gasteiger partial charge in [-0.05, 0) is 39.7 Å². The summed E-state index contributed by atoms with van der Waals surface area (Å²) >= 11 is 0. The van der Waals surface area contributed by atoms with Gasteiger partial charge < -0.3 is 14.4 Å². The van der Waals surface area contributed by atoms with Crippen LogP contribution in [0.15, 0.2) is 23.0 Å². The van der Waals surface area contributed by atoms with E-state index >= 15 is 0 Å². The van der Waals surface area contributed by atoms with Gasteiger partial charge in [-0.25, -0.2) is 4.98 Å². The molecule has 1 amide bonds. The molecular weight excluding hydrogens is 306 g/mol. The molecule has 7 heteroatoms. The molecule has 2 aromatic heterocycles. The number of piperidine rings is 1. The van der Waals surface area contributed by atoms with Crippen molar-refractivity contribution >= 4 is 11.7 Å². The van der Waals surface area contributed by atoms with Gasteiger partial charge >= 0.3 is 0 Å². The normalized spacial score (nSPS) is 18.7. The molecule has 130 valence electrons. The summed E-state index contributed by atoms with van der Waals surface area (Å²) in [5.41, 5.74) is 0. The molecule has 0 unspecified atom stereocenters. The molecule has 0 saturated carbocycles. The van der Waals surface area contributed by atoms with Crippen LogP contribution in [0.2, 0.25) is 0 Å². The molecule has 3 rings (SSSR count). The lowest BCUT2D eigenvalue weighted by Gasteiger charge is -2.35. The van der Waals surface area contributed by atoms with Crippen molar-refractivity contribution in [2.45, 2.75) is 52.1 Å². The van der Waals surface area contributed by atoms with Crippen molar-refractivity contribution in [3.63, 3.8) is 0 Å². The molecule has 3 heterocycles. The molecule has 24 heavy (non-hydrogen) atoms. The predicted octanol–water partition coefficient (Wildman–Crippen LogP) is 2.37. The minimum atomic E-state index is -0.0333. The number of amides is 1. The Hall–Kier alpha value is -2.15. The lowest BCUT2D eigenvalue weighted by atomic mass is 9.99. The van der Waals surface area contributed by atoms with Gasteiger partial charge in [-0.15, -0.1) is 0 Å². The highest BCUT2D eigenvalue weighted by molar-refractivity contribution is 5.91. The van der Waals surface area contributed by atoms with Crippen molar-refractivity contribution in [1.82, 2.24) is 19.6 Å². The molecule has 7 nitrogen and oxygen atoms in total. The molecule has 1 saturated heterocycles. The Morgan fingerprint density at radius 2 is 2.29 bits per heavy atom. The first kappa shape index (κ1) is 16.7. The number of carbonyl (C=O) groups excluding carboxylic acids is 1. The molecule has 1 fully saturated rings. The number of carbonyl (C=O) groups is 1. The highest BCUT2D eigenvalue weighted by atomic mass is 16.5. The molecule has 0 spiro atoms. The fourth-order valence-electron chi connectivity index (χ4n) is 3.32. The molecule has 0 aliphatic carbocycles. The average Bonchev–Trinajstić information content (AvgIpc) is 3.15. The number of imidazole rings is 1. The molecule has 1 aliphatic rings. The van der Waals surface area contributed by atoms with Crippen LogP contribution in [0.3, 0.4) is 0 Å². The number of anilines is 1. The zero-order valence-electron chi connectivity index (χ0n) is 14.4. The van der Waals surface area contributed by atoms with Gasteiger partial charge in [0.05, 0.1) is 6.54 Å². The molecule has 2 aromatic rings. The third-order valence-corrected chi connectivity index (χ3v) is 4.62. The van der Waals surface area contributed by atoms with Crippen LogP contribution < -0.4 is 5.32 Å². The topological polar surface area (TPSA) is 76.2 Å². The fraction of sp³-hybridized carbons (Fsp3) is 0.588. The summed E-state index contributed by atoms with van der Waals surface area (Å²) in [5.74, 6) is 2.18. The van der Waals surface area contributed by atoms with Gasteiger partial charge in [-0.3, -0.25) is 9.69 Å². The van der Waals surface area contributed by atoms with Gasteiger partial charge in [-0.1, -0.05) is 11.6 Å². The minimum Gasteiger partial charge on any atom is -0.360 e. The molecule has 0 aromatic carbocycles. The van der Waals surface area contributed by atoms with E-state index in [2.05, 4.69) is 24.9 Å². The molecular formula is C17H25N5O2. The largest absolute Gasteiger partial charge is 0.360 e. The molecule has 1 N–H and O–H groups in total. The third kappa shape index (κ3) is 4.23. The number of likely N-dealkylation sites (tertiary alicyclic amines) is 1. The summed E-state index contributed by atoms with van der Waals surface area (Å²) in [5, 5.41) is 6.62. The highest BCUT2D eigenvalue weighted by Crippen LogP contribution is 2.20. The number of hydrogen-bond donors (Lipinski definition) is 1. The van der Waals surface area contributed by atoms with Gasteiger partial charge in [0, 0.05) is 31.0 Å². The zero-order valence-corrected chi connectivity index (χ0v) is 14.4. The second-order valence-electron chi connectivity index (χ2n) is 6.45. The molecule has 0 bridgehead atoms. The maximum Gasteiger partial charge on any atom is 0.239 e. The van der Waals surface area contributed by atoms with Crippen molar-refractivity contribution in [3.8, 4) is 0 Å². The summed E-state index contributed by atoms with van der Waals surface area (Å²) in [7, 11) is 0. The second kappa shape index (κ2) is 7.61. The van der Waals surface area contributed by atoms with Crippen molar-refractivity contribution in [3.05, 3.63) is 30.0 Å². The van der Waals surface area contributed by atoms with E-state index in [0.29, 0.717) is 24.2 Å². The second-order valence-corrected chi connectivity index (χ2v) is 6.45. The first-order valence-corrected chi connectivity index (χ1v) is 8.57. The molecule has 0 radical (unpaired) electrons. The van der Waals surface area contributed by atoms with Crippen molar-refractivity contribution < 1.29 is 9.32 Å². The number of nitrogens with zero attached hydrogens (tertiary/aromatic N) is 4. The summed E-state index contributed by atoms with van der Waals surface area (Å²) in [4.78, 5) is 18.8. The monoisotopic (exact) mass is 331 g/mol. The molecule has 1 aliphatic heterocycles. The minimum absolute atomic E-state index is 0.0333. The zero-order chi connectivity index (χ0) is 16.9. The Bertz CT molecular complexity index is 678. The van der Waals surface area contributed by atoms with Crippen molar-refractivity contribution in [2.75, 3.05) is 18.4 Å². The Morgan fingerprint density at radius 1 is 1.42 bits per heavy atom. The van der Waals surface area contributed by atoms with Crippen LogP contribution in [0, 0.1) is 13.8 Å². The Morgan fingerprint density at radius 3 is 3.00 bits per heavy atom. The maximum atomic E-state index is 12.3. The molecule has 1 atom stereocenters. The van der Waals surface area contributed by atoms with E-state index in [9.17, 15) is 4.79 Å². The van der Waals surface area contributed by atoms with Crippen LogP contribution in [0.5, 0.6) is 0 Å². The lowest BCUT2D eigenvalue weighted by molar-refractivity contribution is -0.118. The van der Waals surface area contributed by atoms with Gasteiger partial charge in [0.1, 0.15) is 11.6 Å². The summed E-state index contributed by atoms with van der Waals surface area (Å²) in [6, 6.07) is 2.17. The van der Waals surface area contributed by atoms with Gasteiger partial charge in [0.25, 0.3) is 0 Å². The highest BCUT2D eigenvalue weighted by Gasteiger charge is 2.24. The van der Waals surface area contributed by atoms with E-state index in [1.54, 1.807) is 13.0 Å². The third-order valence-electron chi connectivity index (χ3n) is 4.62. The smallest absolute Gasteiger partial charge is 0.239 e. The predicted molar refractivity (Wildman–Crippen MR) is 90.7 cm³/mol. The average molecular weight is 331 g/mol. The Kier molecular flexibility index (Phi) is 5.30. The van der Waals surface area contributed by atoms with Crippen LogP contribution in [-0.4, -0.2) is 44.6 Å². The van der Waals surface area contributed by atoms with Crippen LogP contribution >= 0.6 is 0 Å². The van der Waals surface area contributed by atoms with E-state index in [4.69, 9.17) is 4.52 Å². The van der Waals surface area contributed by atoms with Crippen molar-refractivity contribution in [2.24, 2.45) is 0 Å². The quantitative estimate of drug-likeness (QED) is 0.879. The van der Waals surface area contributed by atoms with E-state index in [0.717, 1.165) is 38.2 Å². The number of aromatic nitrogens is 3. The number of hydrogen-bond acceptors (Lipinski definition) is 5. The van der Waals surface area contributed by atoms with Crippen LogP contribution in [-0.2, 0) is 11.3 Å². The van der Waals surface area contributed by atoms with E-state index < -0.39 is 0 Å². The summed E-state index contributed by atoms with van der Waals surface area (Å²) < 4.78 is 7.15. The fourth-order valence-corrected chi connectivity index (χ4v) is 3.32. The Balaban J connectivity index is 1.53. The van der Waals surface area contributed by atoms with Gasteiger partial charge in [-0.2, -0.15) is 0 Å². The van der Waals surface area contributed by atoms with Gasteiger partial charge in [0.2, 0.25) is 5.91 Å². The van der Waals surface area contributed by atoms with Crippen LogP contribution in [0.1, 0.15) is 37.3 Å². The first-order valence-electron chi connectivity index (χ1n) is 8.57. The van der Waals surface area contributed by atoms with Crippen LogP contribution in [0.25, 0.3) is 0 Å².